The Morgan fingerprint density at radius 1 is 1.20 bits per heavy atom. The molecule has 0 amide bonds. The van der Waals surface area contributed by atoms with Gasteiger partial charge in [-0.05, 0) is 71.1 Å². The average molecular weight is 277 g/mol. The summed E-state index contributed by atoms with van der Waals surface area (Å²) in [4.78, 5) is 0. The van der Waals surface area contributed by atoms with Gasteiger partial charge in [0.05, 0.1) is 0 Å². The second kappa shape index (κ2) is 4.66. The van der Waals surface area contributed by atoms with Crippen molar-refractivity contribution in [1.29, 1.82) is 0 Å². The van der Waals surface area contributed by atoms with Gasteiger partial charge in [0.15, 0.2) is 0 Å². The molecule has 1 aromatic rings. The van der Waals surface area contributed by atoms with Gasteiger partial charge in [0, 0.05) is 17.5 Å². The third-order valence-corrected chi connectivity index (χ3v) is 4.42. The smallest absolute Gasteiger partial charge is 0.127 e. The molecule has 0 saturated carbocycles. The molecule has 20 heavy (non-hydrogen) atoms. The molecular formula is C17H27NO2. The van der Waals surface area contributed by atoms with Gasteiger partial charge in [0.2, 0.25) is 0 Å². The number of phenolic OH excluding ortho intramolecular Hbond substituents is 1. The van der Waals surface area contributed by atoms with Crippen molar-refractivity contribution in [2.24, 2.45) is 5.73 Å². The van der Waals surface area contributed by atoms with Crippen molar-refractivity contribution >= 4 is 0 Å². The summed E-state index contributed by atoms with van der Waals surface area (Å²) in [6.45, 7) is 12.2. The lowest BCUT2D eigenvalue weighted by molar-refractivity contribution is 0.0374. The molecule has 1 unspecified atom stereocenters. The molecule has 3 nitrogen and oxygen atoms in total. The van der Waals surface area contributed by atoms with Crippen LogP contribution in [0.2, 0.25) is 0 Å². The van der Waals surface area contributed by atoms with Crippen LogP contribution in [-0.2, 0) is 6.42 Å². The molecule has 0 aliphatic carbocycles. The summed E-state index contributed by atoms with van der Waals surface area (Å²) in [5, 5.41) is 10.2. The van der Waals surface area contributed by atoms with Gasteiger partial charge in [0.1, 0.15) is 17.1 Å². The minimum absolute atomic E-state index is 0.230. The zero-order valence-electron chi connectivity index (χ0n) is 13.6. The van der Waals surface area contributed by atoms with Gasteiger partial charge < -0.3 is 15.6 Å². The summed E-state index contributed by atoms with van der Waals surface area (Å²) in [5.74, 6) is 1.36. The molecule has 112 valence electrons. The molecule has 1 aromatic carbocycles. The zero-order chi connectivity index (χ0) is 15.3. The van der Waals surface area contributed by atoms with Crippen molar-refractivity contribution < 1.29 is 9.84 Å². The van der Waals surface area contributed by atoms with E-state index in [4.69, 9.17) is 10.5 Å². The van der Waals surface area contributed by atoms with Gasteiger partial charge in [-0.2, -0.15) is 0 Å². The highest BCUT2D eigenvalue weighted by Crippen LogP contribution is 2.44. The number of fused-ring (bicyclic) bond motifs is 1. The molecule has 1 atom stereocenters. The quantitative estimate of drug-likeness (QED) is 0.869. The fourth-order valence-corrected chi connectivity index (χ4v) is 3.38. The lowest BCUT2D eigenvalue weighted by Crippen LogP contribution is -2.47. The van der Waals surface area contributed by atoms with Crippen molar-refractivity contribution in [3.63, 3.8) is 0 Å². The van der Waals surface area contributed by atoms with E-state index in [1.165, 1.54) is 0 Å². The topological polar surface area (TPSA) is 55.5 Å². The molecule has 3 heteroatoms. The molecule has 0 radical (unpaired) electrons. The molecule has 0 spiro atoms. The molecular weight excluding hydrogens is 250 g/mol. The minimum Gasteiger partial charge on any atom is -0.507 e. The van der Waals surface area contributed by atoms with E-state index < -0.39 is 0 Å². The van der Waals surface area contributed by atoms with Crippen molar-refractivity contribution in [3.05, 3.63) is 22.3 Å². The highest BCUT2D eigenvalue weighted by Gasteiger charge is 2.37. The van der Waals surface area contributed by atoms with Crippen LogP contribution in [0.1, 0.15) is 55.9 Å². The Labute approximate surface area is 122 Å². The predicted octanol–water partition coefficient (Wildman–Crippen LogP) is 3.53. The summed E-state index contributed by atoms with van der Waals surface area (Å²) < 4.78 is 6.35. The van der Waals surface area contributed by atoms with Crippen molar-refractivity contribution in [1.82, 2.24) is 0 Å². The van der Waals surface area contributed by atoms with Crippen LogP contribution < -0.4 is 10.5 Å². The zero-order valence-corrected chi connectivity index (χ0v) is 13.6. The Balaban J connectivity index is 2.45. The maximum atomic E-state index is 10.2. The van der Waals surface area contributed by atoms with Gasteiger partial charge in [-0.1, -0.05) is 0 Å². The first kappa shape index (κ1) is 15.2. The van der Waals surface area contributed by atoms with Crippen LogP contribution in [0.25, 0.3) is 0 Å². The van der Waals surface area contributed by atoms with Crippen molar-refractivity contribution in [2.75, 3.05) is 0 Å². The summed E-state index contributed by atoms with van der Waals surface area (Å²) in [7, 11) is 0. The summed E-state index contributed by atoms with van der Waals surface area (Å²) in [6.07, 6.45) is 2.68. The van der Waals surface area contributed by atoms with Crippen LogP contribution in [0.15, 0.2) is 0 Å². The number of hydrogen-bond donors (Lipinski definition) is 2. The lowest BCUT2D eigenvalue weighted by atomic mass is 9.81. The van der Waals surface area contributed by atoms with E-state index in [-0.39, 0.29) is 11.1 Å². The number of hydrogen-bond acceptors (Lipinski definition) is 3. The maximum Gasteiger partial charge on any atom is 0.127 e. The van der Waals surface area contributed by atoms with Crippen LogP contribution in [0.5, 0.6) is 11.5 Å². The van der Waals surface area contributed by atoms with Gasteiger partial charge in [-0.25, -0.2) is 0 Å². The summed E-state index contributed by atoms with van der Waals surface area (Å²) in [6, 6.07) is 0. The fraction of sp³-hybridized carbons (Fsp3) is 0.647. The van der Waals surface area contributed by atoms with Gasteiger partial charge >= 0.3 is 0 Å². The number of benzene rings is 1. The van der Waals surface area contributed by atoms with Gasteiger partial charge in [0.25, 0.3) is 0 Å². The standard InChI is InChI=1S/C17H27NO2/c1-10-11(2)15-13(12(3)14(10)19)7-8-17(6,20-15)9-16(4,5)18/h19H,7-9,18H2,1-6H3. The highest BCUT2D eigenvalue weighted by atomic mass is 16.5. The number of rotatable bonds is 2. The monoisotopic (exact) mass is 277 g/mol. The molecule has 1 aliphatic heterocycles. The van der Waals surface area contributed by atoms with Crippen LogP contribution in [0.3, 0.4) is 0 Å². The first-order valence-electron chi connectivity index (χ1n) is 7.33. The van der Waals surface area contributed by atoms with E-state index >= 15 is 0 Å². The second-order valence-corrected chi connectivity index (χ2v) is 7.25. The molecule has 0 bridgehead atoms. The third kappa shape index (κ3) is 2.64. The third-order valence-electron chi connectivity index (χ3n) is 4.42. The van der Waals surface area contributed by atoms with Crippen LogP contribution in [-0.4, -0.2) is 16.2 Å². The van der Waals surface area contributed by atoms with E-state index in [0.717, 1.165) is 47.3 Å². The Bertz CT molecular complexity index is 543. The fourth-order valence-electron chi connectivity index (χ4n) is 3.38. The predicted molar refractivity (Wildman–Crippen MR) is 82.6 cm³/mol. The molecule has 0 fully saturated rings. The lowest BCUT2D eigenvalue weighted by Gasteiger charge is -2.41. The first-order valence-corrected chi connectivity index (χ1v) is 7.33. The second-order valence-electron chi connectivity index (χ2n) is 7.25. The molecule has 3 N–H and O–H groups in total. The van der Waals surface area contributed by atoms with E-state index in [9.17, 15) is 5.11 Å². The van der Waals surface area contributed by atoms with E-state index in [2.05, 4.69) is 6.92 Å². The first-order chi connectivity index (χ1) is 9.04. The Morgan fingerprint density at radius 3 is 2.35 bits per heavy atom. The average Bonchev–Trinajstić information content (AvgIpc) is 2.31. The van der Waals surface area contributed by atoms with E-state index in [1.54, 1.807) is 0 Å². The van der Waals surface area contributed by atoms with Crippen molar-refractivity contribution in [3.8, 4) is 11.5 Å². The number of ether oxygens (including phenoxy) is 1. The van der Waals surface area contributed by atoms with Crippen LogP contribution in [0, 0.1) is 20.8 Å². The van der Waals surface area contributed by atoms with Crippen LogP contribution >= 0.6 is 0 Å². The Morgan fingerprint density at radius 2 is 1.80 bits per heavy atom. The van der Waals surface area contributed by atoms with Crippen LogP contribution in [0.4, 0.5) is 0 Å². The Hall–Kier alpha value is -1.22. The van der Waals surface area contributed by atoms with E-state index in [1.807, 2.05) is 34.6 Å². The number of nitrogens with two attached hydrogens (primary N) is 1. The largest absolute Gasteiger partial charge is 0.507 e. The van der Waals surface area contributed by atoms with Gasteiger partial charge in [-0.3, -0.25) is 0 Å². The molecule has 1 aliphatic rings. The number of aromatic hydroxyl groups is 1. The summed E-state index contributed by atoms with van der Waals surface area (Å²) in [5.41, 5.74) is 9.76. The maximum absolute atomic E-state index is 10.2. The summed E-state index contributed by atoms with van der Waals surface area (Å²) >= 11 is 0. The van der Waals surface area contributed by atoms with E-state index in [0.29, 0.717) is 5.75 Å². The molecule has 0 saturated heterocycles. The van der Waals surface area contributed by atoms with Gasteiger partial charge in [-0.15, -0.1) is 0 Å². The Kier molecular flexibility index (Phi) is 3.53. The molecule has 2 rings (SSSR count). The minimum atomic E-state index is -0.249. The normalized spacial score (nSPS) is 22.4. The highest BCUT2D eigenvalue weighted by molar-refractivity contribution is 5.58. The SMILES string of the molecule is Cc1c(C)c2c(c(C)c1O)CCC(C)(CC(C)(C)N)O2. The molecule has 0 aromatic heterocycles. The number of phenols is 1. The van der Waals surface area contributed by atoms with Crippen molar-refractivity contribution in [2.45, 2.75) is 71.9 Å². The molecule has 1 heterocycles.